The molecule has 2 aliphatic rings. The van der Waals surface area contributed by atoms with Crippen LogP contribution in [0.25, 0.3) is 11.3 Å². The van der Waals surface area contributed by atoms with Crippen LogP contribution in [0.2, 0.25) is 0 Å². The molecule has 2 fully saturated rings. The number of rotatable bonds is 3. The predicted molar refractivity (Wildman–Crippen MR) is 89.3 cm³/mol. The zero-order valence-electron chi connectivity index (χ0n) is 12.1. The van der Waals surface area contributed by atoms with Crippen LogP contribution in [0.1, 0.15) is 56.3 Å². The lowest BCUT2D eigenvalue weighted by atomic mass is 10.1. The summed E-state index contributed by atoms with van der Waals surface area (Å²) in [4.78, 5) is 4.98. The van der Waals surface area contributed by atoms with Crippen LogP contribution in [-0.4, -0.2) is 9.55 Å². The first kappa shape index (κ1) is 13.4. The minimum Gasteiger partial charge on any atom is -0.383 e. The van der Waals surface area contributed by atoms with Crippen molar-refractivity contribution in [2.24, 2.45) is 0 Å². The Kier molecular flexibility index (Phi) is 3.29. The van der Waals surface area contributed by atoms with Crippen LogP contribution >= 0.6 is 15.9 Å². The summed E-state index contributed by atoms with van der Waals surface area (Å²) in [5.41, 5.74) is 8.55. The van der Waals surface area contributed by atoms with Crippen molar-refractivity contribution in [2.75, 3.05) is 5.73 Å². The molecule has 1 aromatic heterocycles. The standard InChI is InChI=1S/C17H20BrN3/c18-13-7-3-6-12(10-13)15-16(19)21(14-8-9-14)17(20-15)11-4-1-2-5-11/h3,6-7,10-11,14H,1-2,4-5,8-9,19H2. The van der Waals surface area contributed by atoms with Crippen molar-refractivity contribution in [1.29, 1.82) is 0 Å². The van der Waals surface area contributed by atoms with Gasteiger partial charge >= 0.3 is 0 Å². The molecule has 0 amide bonds. The van der Waals surface area contributed by atoms with E-state index in [4.69, 9.17) is 10.7 Å². The zero-order chi connectivity index (χ0) is 14.4. The van der Waals surface area contributed by atoms with Gasteiger partial charge in [0.15, 0.2) is 0 Å². The summed E-state index contributed by atoms with van der Waals surface area (Å²) < 4.78 is 3.41. The second kappa shape index (κ2) is 5.16. The third-order valence-electron chi connectivity index (χ3n) is 4.71. The average molecular weight is 346 g/mol. The van der Waals surface area contributed by atoms with E-state index in [1.54, 1.807) is 0 Å². The monoisotopic (exact) mass is 345 g/mol. The second-order valence-corrected chi connectivity index (χ2v) is 7.21. The Hall–Kier alpha value is -1.29. The minimum atomic E-state index is 0.592. The number of nitrogens with two attached hydrogens (primary N) is 1. The highest BCUT2D eigenvalue weighted by molar-refractivity contribution is 9.10. The SMILES string of the molecule is Nc1c(-c2cccc(Br)c2)nc(C2CCCC2)n1C1CC1. The molecule has 2 saturated carbocycles. The van der Waals surface area contributed by atoms with E-state index in [1.165, 1.54) is 44.3 Å². The molecule has 0 spiro atoms. The van der Waals surface area contributed by atoms with E-state index >= 15 is 0 Å². The number of anilines is 1. The van der Waals surface area contributed by atoms with Gasteiger partial charge in [-0.3, -0.25) is 0 Å². The fourth-order valence-corrected chi connectivity index (χ4v) is 3.90. The minimum absolute atomic E-state index is 0.592. The van der Waals surface area contributed by atoms with Crippen molar-refractivity contribution in [2.45, 2.75) is 50.5 Å². The first-order valence-corrected chi connectivity index (χ1v) is 8.67. The van der Waals surface area contributed by atoms with Crippen LogP contribution in [0.3, 0.4) is 0 Å². The van der Waals surface area contributed by atoms with Gasteiger partial charge in [-0.15, -0.1) is 0 Å². The van der Waals surface area contributed by atoms with E-state index < -0.39 is 0 Å². The van der Waals surface area contributed by atoms with Gasteiger partial charge in [-0.25, -0.2) is 4.98 Å². The number of hydrogen-bond acceptors (Lipinski definition) is 2. The molecular formula is C17H20BrN3. The molecule has 3 nitrogen and oxygen atoms in total. The van der Waals surface area contributed by atoms with Crippen LogP contribution < -0.4 is 5.73 Å². The molecule has 2 aliphatic carbocycles. The third kappa shape index (κ3) is 2.39. The van der Waals surface area contributed by atoms with Gasteiger partial charge in [0.1, 0.15) is 17.3 Å². The number of benzene rings is 1. The lowest BCUT2D eigenvalue weighted by Crippen LogP contribution is -2.08. The Morgan fingerprint density at radius 3 is 2.57 bits per heavy atom. The number of halogens is 1. The van der Waals surface area contributed by atoms with Crippen molar-refractivity contribution >= 4 is 21.7 Å². The highest BCUT2D eigenvalue weighted by Crippen LogP contribution is 2.45. The van der Waals surface area contributed by atoms with Crippen molar-refractivity contribution in [3.8, 4) is 11.3 Å². The molecule has 0 saturated heterocycles. The maximum absolute atomic E-state index is 6.48. The van der Waals surface area contributed by atoms with E-state index in [1.807, 2.05) is 12.1 Å². The normalized spacial score (nSPS) is 19.3. The van der Waals surface area contributed by atoms with Gasteiger partial charge in [-0.2, -0.15) is 0 Å². The molecule has 2 N–H and O–H groups in total. The lowest BCUT2D eigenvalue weighted by Gasteiger charge is -2.12. The third-order valence-corrected chi connectivity index (χ3v) is 5.20. The number of nitrogens with zero attached hydrogens (tertiary/aromatic N) is 2. The summed E-state index contributed by atoms with van der Waals surface area (Å²) in [5.74, 6) is 2.70. The second-order valence-electron chi connectivity index (χ2n) is 6.30. The van der Waals surface area contributed by atoms with Gasteiger partial charge in [0.25, 0.3) is 0 Å². The smallest absolute Gasteiger partial charge is 0.132 e. The van der Waals surface area contributed by atoms with Crippen molar-refractivity contribution in [3.63, 3.8) is 0 Å². The zero-order valence-corrected chi connectivity index (χ0v) is 13.6. The van der Waals surface area contributed by atoms with Gasteiger partial charge in [-0.05, 0) is 37.8 Å². The van der Waals surface area contributed by atoms with Gasteiger partial charge < -0.3 is 10.3 Å². The maximum Gasteiger partial charge on any atom is 0.132 e. The molecular weight excluding hydrogens is 326 g/mol. The van der Waals surface area contributed by atoms with E-state index in [0.29, 0.717) is 12.0 Å². The molecule has 4 heteroatoms. The molecule has 4 rings (SSSR count). The van der Waals surface area contributed by atoms with Crippen LogP contribution in [0, 0.1) is 0 Å². The Bertz CT molecular complexity index is 667. The summed E-state index contributed by atoms with van der Waals surface area (Å²) in [7, 11) is 0. The first-order chi connectivity index (χ1) is 10.2. The molecule has 0 bridgehead atoms. The Balaban J connectivity index is 1.82. The quantitative estimate of drug-likeness (QED) is 0.860. The van der Waals surface area contributed by atoms with Crippen LogP contribution in [-0.2, 0) is 0 Å². The molecule has 21 heavy (non-hydrogen) atoms. The molecule has 0 aliphatic heterocycles. The summed E-state index contributed by atoms with van der Waals surface area (Å²) in [6.07, 6.45) is 7.68. The van der Waals surface area contributed by atoms with Crippen LogP contribution in [0.5, 0.6) is 0 Å². The number of aromatic nitrogens is 2. The lowest BCUT2D eigenvalue weighted by molar-refractivity contribution is 0.596. The molecule has 0 unspecified atom stereocenters. The molecule has 0 atom stereocenters. The molecule has 2 aromatic rings. The topological polar surface area (TPSA) is 43.8 Å². The van der Waals surface area contributed by atoms with E-state index in [0.717, 1.165) is 21.5 Å². The highest BCUT2D eigenvalue weighted by Gasteiger charge is 2.33. The first-order valence-electron chi connectivity index (χ1n) is 7.87. The van der Waals surface area contributed by atoms with E-state index in [9.17, 15) is 0 Å². The summed E-state index contributed by atoms with van der Waals surface area (Å²) in [5, 5.41) is 0. The van der Waals surface area contributed by atoms with Crippen LogP contribution in [0.4, 0.5) is 5.82 Å². The van der Waals surface area contributed by atoms with Crippen molar-refractivity contribution in [1.82, 2.24) is 9.55 Å². The number of nitrogen functional groups attached to an aromatic ring is 1. The van der Waals surface area contributed by atoms with Crippen LogP contribution in [0.15, 0.2) is 28.7 Å². The summed E-state index contributed by atoms with van der Waals surface area (Å²) >= 11 is 3.54. The van der Waals surface area contributed by atoms with E-state index in [-0.39, 0.29) is 0 Å². The van der Waals surface area contributed by atoms with Crippen molar-refractivity contribution < 1.29 is 0 Å². The van der Waals surface area contributed by atoms with Gasteiger partial charge in [0.05, 0.1) is 0 Å². The summed E-state index contributed by atoms with van der Waals surface area (Å²) in [6.45, 7) is 0. The Morgan fingerprint density at radius 2 is 1.90 bits per heavy atom. The summed E-state index contributed by atoms with van der Waals surface area (Å²) in [6, 6.07) is 8.88. The maximum atomic E-state index is 6.48. The predicted octanol–water partition coefficient (Wildman–Crippen LogP) is 4.89. The highest BCUT2D eigenvalue weighted by atomic mass is 79.9. The Labute approximate surface area is 133 Å². The fraction of sp³-hybridized carbons (Fsp3) is 0.471. The molecule has 0 radical (unpaired) electrons. The molecule has 1 aromatic carbocycles. The number of hydrogen-bond donors (Lipinski definition) is 1. The Morgan fingerprint density at radius 1 is 1.14 bits per heavy atom. The average Bonchev–Trinajstić information content (AvgIpc) is 3.04. The molecule has 110 valence electrons. The van der Waals surface area contributed by atoms with E-state index in [2.05, 4.69) is 32.6 Å². The van der Waals surface area contributed by atoms with Gasteiger partial charge in [-0.1, -0.05) is 40.9 Å². The van der Waals surface area contributed by atoms with Gasteiger partial charge in [0.2, 0.25) is 0 Å². The largest absolute Gasteiger partial charge is 0.383 e. The number of imidazole rings is 1. The molecule has 1 heterocycles. The fourth-order valence-electron chi connectivity index (χ4n) is 3.50. The van der Waals surface area contributed by atoms with Gasteiger partial charge in [0, 0.05) is 22.0 Å². The van der Waals surface area contributed by atoms with Crippen molar-refractivity contribution in [3.05, 3.63) is 34.6 Å².